The van der Waals surface area contributed by atoms with Crippen molar-refractivity contribution in [3.8, 4) is 5.75 Å². The second-order valence-electron chi connectivity index (χ2n) is 4.33. The van der Waals surface area contributed by atoms with E-state index >= 15 is 0 Å². The molecule has 7 heteroatoms. The first kappa shape index (κ1) is 14.8. The first-order chi connectivity index (χ1) is 9.41. The van der Waals surface area contributed by atoms with Gasteiger partial charge < -0.3 is 10.1 Å². The lowest BCUT2D eigenvalue weighted by Crippen LogP contribution is -2.13. The number of nitrogens with two attached hydrogens (primary N) is 1. The summed E-state index contributed by atoms with van der Waals surface area (Å²) in [6, 6.07) is 6.54. The summed E-state index contributed by atoms with van der Waals surface area (Å²) in [5, 5.41) is 12.4. The Bertz CT molecular complexity index is 682. The third-order valence-electron chi connectivity index (χ3n) is 2.91. The molecule has 1 aromatic carbocycles. The molecule has 1 aromatic heterocycles. The first-order valence-electron chi connectivity index (χ1n) is 5.91. The van der Waals surface area contributed by atoms with Gasteiger partial charge in [0.05, 0.1) is 17.7 Å². The molecule has 0 fully saturated rings. The second-order valence-corrected chi connectivity index (χ2v) is 6.67. The van der Waals surface area contributed by atoms with Gasteiger partial charge in [-0.2, -0.15) is 11.3 Å². The monoisotopic (exact) mass is 312 g/mol. The van der Waals surface area contributed by atoms with Crippen LogP contribution in [-0.2, 0) is 10.0 Å². The van der Waals surface area contributed by atoms with Crippen LogP contribution in [0.1, 0.15) is 18.5 Å². The van der Waals surface area contributed by atoms with Gasteiger partial charge in [0.25, 0.3) is 0 Å². The highest BCUT2D eigenvalue weighted by Crippen LogP contribution is 2.30. The van der Waals surface area contributed by atoms with Crippen molar-refractivity contribution in [1.29, 1.82) is 0 Å². The number of thiophene rings is 1. The van der Waals surface area contributed by atoms with E-state index in [2.05, 4.69) is 5.32 Å². The molecule has 20 heavy (non-hydrogen) atoms. The molecule has 0 saturated carbocycles. The van der Waals surface area contributed by atoms with E-state index in [0.717, 1.165) is 5.56 Å². The summed E-state index contributed by atoms with van der Waals surface area (Å²) in [7, 11) is -2.20. The van der Waals surface area contributed by atoms with Crippen molar-refractivity contribution in [2.75, 3.05) is 12.4 Å². The van der Waals surface area contributed by atoms with Crippen LogP contribution in [0.3, 0.4) is 0 Å². The molecule has 0 spiro atoms. The molecule has 0 aliphatic carbocycles. The van der Waals surface area contributed by atoms with Crippen molar-refractivity contribution in [3.63, 3.8) is 0 Å². The van der Waals surface area contributed by atoms with Crippen LogP contribution in [-0.4, -0.2) is 15.5 Å². The lowest BCUT2D eigenvalue weighted by Gasteiger charge is -2.17. The molecule has 0 amide bonds. The van der Waals surface area contributed by atoms with Gasteiger partial charge in [0.2, 0.25) is 10.0 Å². The van der Waals surface area contributed by atoms with E-state index < -0.39 is 10.0 Å². The average Bonchev–Trinajstić information content (AvgIpc) is 2.91. The maximum absolute atomic E-state index is 11.4. The fourth-order valence-electron chi connectivity index (χ4n) is 1.81. The van der Waals surface area contributed by atoms with Gasteiger partial charge in [0.1, 0.15) is 5.75 Å². The van der Waals surface area contributed by atoms with E-state index in [1.165, 1.54) is 19.2 Å². The van der Waals surface area contributed by atoms with Gasteiger partial charge in [-0.15, -0.1) is 0 Å². The number of hydrogen-bond donors (Lipinski definition) is 2. The third kappa shape index (κ3) is 3.30. The van der Waals surface area contributed by atoms with Gasteiger partial charge in [-0.05, 0) is 47.5 Å². The molecule has 5 nitrogen and oxygen atoms in total. The van der Waals surface area contributed by atoms with Crippen molar-refractivity contribution in [2.45, 2.75) is 17.9 Å². The molecule has 2 aromatic rings. The zero-order valence-corrected chi connectivity index (χ0v) is 12.8. The lowest BCUT2D eigenvalue weighted by atomic mass is 10.1. The standard InChI is InChI=1S/C13H16N2O3S2/c1-9(10-5-6-19-8-10)15-12-7-11(20(14,16)17)3-4-13(12)18-2/h3-9,15H,1-2H3,(H2,14,16,17). The second kappa shape index (κ2) is 5.82. The largest absolute Gasteiger partial charge is 0.495 e. The average molecular weight is 312 g/mol. The van der Waals surface area contributed by atoms with Gasteiger partial charge in [-0.1, -0.05) is 0 Å². The number of sulfonamides is 1. The zero-order chi connectivity index (χ0) is 14.8. The number of benzene rings is 1. The van der Waals surface area contributed by atoms with Crippen molar-refractivity contribution < 1.29 is 13.2 Å². The predicted octanol–water partition coefficient (Wildman–Crippen LogP) is 2.58. The molecule has 3 N–H and O–H groups in total. The summed E-state index contributed by atoms with van der Waals surface area (Å²) >= 11 is 1.61. The van der Waals surface area contributed by atoms with Crippen LogP contribution >= 0.6 is 11.3 Å². The number of ether oxygens (including phenoxy) is 1. The number of hydrogen-bond acceptors (Lipinski definition) is 5. The summed E-state index contributed by atoms with van der Waals surface area (Å²) in [5.41, 5.74) is 1.72. The zero-order valence-electron chi connectivity index (χ0n) is 11.2. The Kier molecular flexibility index (Phi) is 4.32. The van der Waals surface area contributed by atoms with E-state index in [0.29, 0.717) is 11.4 Å². The van der Waals surface area contributed by atoms with Crippen molar-refractivity contribution in [2.24, 2.45) is 5.14 Å². The Morgan fingerprint density at radius 1 is 1.35 bits per heavy atom. The Balaban J connectivity index is 2.34. The van der Waals surface area contributed by atoms with E-state index in [9.17, 15) is 8.42 Å². The topological polar surface area (TPSA) is 81.4 Å². The third-order valence-corrected chi connectivity index (χ3v) is 4.53. The molecule has 0 aliphatic heterocycles. The van der Waals surface area contributed by atoms with Gasteiger partial charge in [-0.3, -0.25) is 0 Å². The quantitative estimate of drug-likeness (QED) is 0.889. The minimum Gasteiger partial charge on any atom is -0.495 e. The van der Waals surface area contributed by atoms with Crippen molar-refractivity contribution in [3.05, 3.63) is 40.6 Å². The Labute approximate surface area is 122 Å². The van der Waals surface area contributed by atoms with Crippen LogP contribution in [0.4, 0.5) is 5.69 Å². The van der Waals surface area contributed by atoms with Crippen molar-refractivity contribution in [1.82, 2.24) is 0 Å². The molecule has 1 atom stereocenters. The number of primary sulfonamides is 1. The molecular formula is C13H16N2O3S2. The SMILES string of the molecule is COc1ccc(S(N)(=O)=O)cc1NC(C)c1ccsc1. The summed E-state index contributed by atoms with van der Waals surface area (Å²) in [5.74, 6) is 0.569. The minimum absolute atomic E-state index is 0.0332. The molecule has 108 valence electrons. The maximum Gasteiger partial charge on any atom is 0.238 e. The lowest BCUT2D eigenvalue weighted by molar-refractivity contribution is 0.415. The number of nitrogens with one attached hydrogen (secondary N) is 1. The van der Waals surface area contributed by atoms with Crippen LogP contribution in [0.5, 0.6) is 5.75 Å². The molecule has 0 aliphatic rings. The van der Waals surface area contributed by atoms with Gasteiger partial charge in [0, 0.05) is 6.04 Å². The molecule has 1 heterocycles. The highest BCUT2D eigenvalue weighted by Gasteiger charge is 2.14. The molecule has 2 rings (SSSR count). The highest BCUT2D eigenvalue weighted by atomic mass is 32.2. The summed E-state index contributed by atoms with van der Waals surface area (Å²) in [4.78, 5) is 0.0540. The van der Waals surface area contributed by atoms with Crippen LogP contribution < -0.4 is 15.2 Å². The molecular weight excluding hydrogens is 296 g/mol. The fourth-order valence-corrected chi connectivity index (χ4v) is 3.11. The molecule has 0 saturated heterocycles. The molecule has 0 radical (unpaired) electrons. The van der Waals surface area contributed by atoms with Crippen LogP contribution in [0.25, 0.3) is 0 Å². The fraction of sp³-hybridized carbons (Fsp3) is 0.231. The van der Waals surface area contributed by atoms with Gasteiger partial charge >= 0.3 is 0 Å². The Hall–Kier alpha value is -1.57. The van der Waals surface area contributed by atoms with E-state index in [1.807, 2.05) is 23.8 Å². The van der Waals surface area contributed by atoms with Gasteiger partial charge in [0.15, 0.2) is 0 Å². The first-order valence-corrected chi connectivity index (χ1v) is 8.40. The Morgan fingerprint density at radius 3 is 2.65 bits per heavy atom. The summed E-state index contributed by atoms with van der Waals surface area (Å²) in [6.07, 6.45) is 0. The maximum atomic E-state index is 11.4. The number of methoxy groups -OCH3 is 1. The smallest absolute Gasteiger partial charge is 0.238 e. The minimum atomic E-state index is -3.73. The molecule has 0 bridgehead atoms. The van der Waals surface area contributed by atoms with Crippen molar-refractivity contribution >= 4 is 27.0 Å². The van der Waals surface area contributed by atoms with E-state index in [1.54, 1.807) is 17.4 Å². The van der Waals surface area contributed by atoms with Gasteiger partial charge in [-0.25, -0.2) is 13.6 Å². The van der Waals surface area contributed by atoms with E-state index in [-0.39, 0.29) is 10.9 Å². The summed E-state index contributed by atoms with van der Waals surface area (Å²) < 4.78 is 28.1. The Morgan fingerprint density at radius 2 is 2.10 bits per heavy atom. The number of rotatable bonds is 5. The van der Waals surface area contributed by atoms with E-state index in [4.69, 9.17) is 9.88 Å². The normalized spacial score (nSPS) is 12.9. The highest BCUT2D eigenvalue weighted by molar-refractivity contribution is 7.89. The summed E-state index contributed by atoms with van der Waals surface area (Å²) in [6.45, 7) is 1.99. The molecule has 1 unspecified atom stereocenters. The predicted molar refractivity (Wildman–Crippen MR) is 80.7 cm³/mol. The van der Waals surface area contributed by atoms with Crippen LogP contribution in [0, 0.1) is 0 Å². The van der Waals surface area contributed by atoms with Crippen LogP contribution in [0.15, 0.2) is 39.9 Å². The number of anilines is 1. The van der Waals surface area contributed by atoms with Crippen LogP contribution in [0.2, 0.25) is 0 Å².